The lowest BCUT2D eigenvalue weighted by atomic mass is 9.84. The fraction of sp³-hybridized carbons (Fsp3) is 0.167. The summed E-state index contributed by atoms with van der Waals surface area (Å²) in [6, 6.07) is 21.3. The molecule has 0 amide bonds. The Hall–Kier alpha value is -2.37. The van der Waals surface area contributed by atoms with Crippen LogP contribution < -0.4 is 0 Å². The molecule has 1 N–H and O–H groups in total. The minimum atomic E-state index is -1.22. The van der Waals surface area contributed by atoms with E-state index in [1.54, 1.807) is 13.0 Å². The predicted octanol–water partition coefficient (Wildman–Crippen LogP) is 3.76. The average molecular weight is 263 g/mol. The highest BCUT2D eigenvalue weighted by molar-refractivity contribution is 5.51. The highest BCUT2D eigenvalue weighted by Crippen LogP contribution is 2.29. The number of nitrogens with zero attached hydrogens (tertiary/aromatic N) is 1. The second-order valence-corrected chi connectivity index (χ2v) is 4.94. The van der Waals surface area contributed by atoms with Gasteiger partial charge < -0.3 is 5.11 Å². The Morgan fingerprint density at radius 3 is 2.15 bits per heavy atom. The maximum absolute atomic E-state index is 10.6. The fourth-order valence-corrected chi connectivity index (χ4v) is 2.11. The summed E-state index contributed by atoms with van der Waals surface area (Å²) in [6.07, 6.45) is 3.52. The van der Waals surface area contributed by atoms with Crippen molar-refractivity contribution < 1.29 is 5.11 Å². The first-order valence-electron chi connectivity index (χ1n) is 6.55. The monoisotopic (exact) mass is 263 g/mol. The van der Waals surface area contributed by atoms with Gasteiger partial charge in [-0.05, 0) is 18.1 Å². The summed E-state index contributed by atoms with van der Waals surface area (Å²) in [4.78, 5) is 0. The summed E-state index contributed by atoms with van der Waals surface area (Å²) in [7, 11) is 0. The van der Waals surface area contributed by atoms with E-state index in [4.69, 9.17) is 0 Å². The largest absolute Gasteiger partial charge is 0.384 e. The van der Waals surface area contributed by atoms with E-state index in [-0.39, 0.29) is 0 Å². The second kappa shape index (κ2) is 6.18. The van der Waals surface area contributed by atoms with Crippen molar-refractivity contribution in [2.75, 3.05) is 0 Å². The highest BCUT2D eigenvalue weighted by atomic mass is 16.3. The molecule has 2 rings (SSSR count). The van der Waals surface area contributed by atoms with Gasteiger partial charge in [-0.3, -0.25) is 0 Å². The molecule has 2 heteroatoms. The first-order valence-corrected chi connectivity index (χ1v) is 6.55. The molecule has 20 heavy (non-hydrogen) atoms. The third-order valence-electron chi connectivity index (χ3n) is 3.26. The van der Waals surface area contributed by atoms with Crippen molar-refractivity contribution in [3.05, 3.63) is 77.9 Å². The lowest BCUT2D eigenvalue weighted by Crippen LogP contribution is -2.29. The molecule has 0 aliphatic rings. The van der Waals surface area contributed by atoms with E-state index in [9.17, 15) is 10.4 Å². The van der Waals surface area contributed by atoms with Crippen LogP contribution in [0.5, 0.6) is 0 Å². The fourth-order valence-electron chi connectivity index (χ4n) is 2.11. The van der Waals surface area contributed by atoms with Crippen molar-refractivity contribution >= 4 is 6.08 Å². The van der Waals surface area contributed by atoms with Crippen molar-refractivity contribution in [1.82, 2.24) is 0 Å². The summed E-state index contributed by atoms with van der Waals surface area (Å²) < 4.78 is 0. The number of hydrogen-bond acceptors (Lipinski definition) is 2. The zero-order valence-electron chi connectivity index (χ0n) is 11.4. The molecule has 0 bridgehead atoms. The molecule has 0 unspecified atom stereocenters. The van der Waals surface area contributed by atoms with Gasteiger partial charge in [0, 0.05) is 0 Å². The summed E-state index contributed by atoms with van der Waals surface area (Å²) in [6.45, 7) is 1.66. The topological polar surface area (TPSA) is 44.0 Å². The lowest BCUT2D eigenvalue weighted by molar-refractivity contribution is 0.0991. The molecule has 0 heterocycles. The number of benzene rings is 2. The van der Waals surface area contributed by atoms with Crippen LogP contribution in [-0.4, -0.2) is 10.7 Å². The maximum atomic E-state index is 10.6. The zero-order valence-corrected chi connectivity index (χ0v) is 11.4. The Balaban J connectivity index is 2.25. The van der Waals surface area contributed by atoms with Gasteiger partial charge in [0.1, 0.15) is 11.5 Å². The van der Waals surface area contributed by atoms with Crippen LogP contribution in [0.3, 0.4) is 0 Å². The van der Waals surface area contributed by atoms with E-state index in [2.05, 4.69) is 6.07 Å². The Morgan fingerprint density at radius 1 is 1.05 bits per heavy atom. The van der Waals surface area contributed by atoms with E-state index < -0.39 is 11.5 Å². The molecule has 2 aromatic carbocycles. The molecule has 0 fully saturated rings. The standard InChI is InChI=1S/C18H17NO/c1-18(20,13-12-15-8-4-2-5-9-15)17(14-19)16-10-6-3-7-11-16/h2-13,17,20H,1H3/b13-12+/t17-,18-/m1/s1. The summed E-state index contributed by atoms with van der Waals surface area (Å²) >= 11 is 0. The van der Waals surface area contributed by atoms with Crippen molar-refractivity contribution in [3.8, 4) is 6.07 Å². The summed E-state index contributed by atoms with van der Waals surface area (Å²) in [5.74, 6) is -0.594. The Labute approximate surface area is 119 Å². The van der Waals surface area contributed by atoms with Gasteiger partial charge in [-0.1, -0.05) is 72.8 Å². The molecule has 0 saturated heterocycles. The number of aliphatic hydroxyl groups is 1. The molecule has 0 aromatic heterocycles. The smallest absolute Gasteiger partial charge is 0.103 e. The number of nitriles is 1. The predicted molar refractivity (Wildman–Crippen MR) is 80.9 cm³/mol. The first kappa shape index (κ1) is 14.0. The Kier molecular flexibility index (Phi) is 4.34. The van der Waals surface area contributed by atoms with Crippen LogP contribution >= 0.6 is 0 Å². The normalized spacial score (nSPS) is 15.4. The van der Waals surface area contributed by atoms with E-state index >= 15 is 0 Å². The van der Waals surface area contributed by atoms with E-state index in [1.807, 2.05) is 66.7 Å². The van der Waals surface area contributed by atoms with Crippen molar-refractivity contribution in [2.45, 2.75) is 18.4 Å². The quantitative estimate of drug-likeness (QED) is 0.912. The van der Waals surface area contributed by atoms with Gasteiger partial charge in [-0.15, -0.1) is 0 Å². The van der Waals surface area contributed by atoms with Gasteiger partial charge in [0.05, 0.1) is 6.07 Å². The van der Waals surface area contributed by atoms with Gasteiger partial charge in [-0.2, -0.15) is 5.26 Å². The molecule has 2 atom stereocenters. The minimum absolute atomic E-state index is 0.594. The van der Waals surface area contributed by atoms with Gasteiger partial charge >= 0.3 is 0 Å². The van der Waals surface area contributed by atoms with E-state index in [0.29, 0.717) is 0 Å². The molecule has 0 aliphatic carbocycles. The van der Waals surface area contributed by atoms with Crippen LogP contribution in [0.4, 0.5) is 0 Å². The van der Waals surface area contributed by atoms with E-state index in [1.165, 1.54) is 0 Å². The average Bonchev–Trinajstić information content (AvgIpc) is 2.48. The third kappa shape index (κ3) is 3.34. The van der Waals surface area contributed by atoms with Gasteiger partial charge in [0.25, 0.3) is 0 Å². The molecule has 2 aromatic rings. The first-order chi connectivity index (χ1) is 9.63. The lowest BCUT2D eigenvalue weighted by Gasteiger charge is -2.25. The summed E-state index contributed by atoms with van der Waals surface area (Å²) in [5, 5.41) is 19.9. The molecule has 2 nitrogen and oxygen atoms in total. The Morgan fingerprint density at radius 2 is 1.60 bits per heavy atom. The van der Waals surface area contributed by atoms with Gasteiger partial charge in [-0.25, -0.2) is 0 Å². The second-order valence-electron chi connectivity index (χ2n) is 4.94. The van der Waals surface area contributed by atoms with E-state index in [0.717, 1.165) is 11.1 Å². The molecular weight excluding hydrogens is 246 g/mol. The third-order valence-corrected chi connectivity index (χ3v) is 3.26. The van der Waals surface area contributed by atoms with Crippen molar-refractivity contribution in [3.63, 3.8) is 0 Å². The molecule has 0 saturated carbocycles. The maximum Gasteiger partial charge on any atom is 0.103 e. The minimum Gasteiger partial charge on any atom is -0.384 e. The van der Waals surface area contributed by atoms with Crippen molar-refractivity contribution in [1.29, 1.82) is 5.26 Å². The summed E-state index contributed by atoms with van der Waals surface area (Å²) in [5.41, 5.74) is 0.599. The van der Waals surface area contributed by atoms with Gasteiger partial charge in [0.15, 0.2) is 0 Å². The van der Waals surface area contributed by atoms with Crippen LogP contribution in [0.1, 0.15) is 24.0 Å². The zero-order chi connectivity index (χ0) is 14.4. The highest BCUT2D eigenvalue weighted by Gasteiger charge is 2.30. The molecule has 0 aliphatic heterocycles. The van der Waals surface area contributed by atoms with Crippen LogP contribution in [0.25, 0.3) is 6.08 Å². The molecule has 0 radical (unpaired) electrons. The van der Waals surface area contributed by atoms with Crippen LogP contribution in [0.2, 0.25) is 0 Å². The van der Waals surface area contributed by atoms with Crippen LogP contribution in [0, 0.1) is 11.3 Å². The molecule has 0 spiro atoms. The number of rotatable bonds is 4. The molecular formula is C18H17NO. The SMILES string of the molecule is C[C@@](O)(/C=C/c1ccccc1)[C@H](C#N)c1ccccc1. The van der Waals surface area contributed by atoms with Crippen LogP contribution in [0.15, 0.2) is 66.7 Å². The Bertz CT molecular complexity index is 609. The van der Waals surface area contributed by atoms with Crippen LogP contribution in [-0.2, 0) is 0 Å². The van der Waals surface area contributed by atoms with Crippen molar-refractivity contribution in [2.24, 2.45) is 0 Å². The molecule has 100 valence electrons. The number of hydrogen-bond donors (Lipinski definition) is 1. The van der Waals surface area contributed by atoms with Gasteiger partial charge in [0.2, 0.25) is 0 Å².